The summed E-state index contributed by atoms with van der Waals surface area (Å²) in [5, 5.41) is 15.9. The topological polar surface area (TPSA) is 102 Å². The van der Waals surface area contributed by atoms with Crippen molar-refractivity contribution in [2.75, 3.05) is 5.32 Å². The van der Waals surface area contributed by atoms with Gasteiger partial charge in [0.1, 0.15) is 5.60 Å². The van der Waals surface area contributed by atoms with Crippen molar-refractivity contribution in [3.8, 4) is 0 Å². The van der Waals surface area contributed by atoms with Crippen LogP contribution in [0, 0.1) is 16.7 Å². The number of aliphatic hydroxyl groups is 1. The lowest BCUT2D eigenvalue weighted by Gasteiger charge is -2.66. The molecule has 1 saturated heterocycles. The summed E-state index contributed by atoms with van der Waals surface area (Å²) in [6, 6.07) is 3.95. The monoisotopic (exact) mass is 601 g/mol. The van der Waals surface area contributed by atoms with Crippen LogP contribution in [0.4, 0.5) is 5.69 Å². The maximum Gasteiger partial charge on any atom is 0.231 e. The molecule has 2 bridgehead atoms. The van der Waals surface area contributed by atoms with Crippen LogP contribution in [0.25, 0.3) is 0 Å². The average Bonchev–Trinajstić information content (AvgIpc) is 3.18. The molecule has 2 aliphatic carbocycles. The molecule has 0 aromatic heterocycles. The molecule has 6 unspecified atom stereocenters. The quantitative estimate of drug-likeness (QED) is 0.378. The molecule has 3 aliphatic heterocycles. The summed E-state index contributed by atoms with van der Waals surface area (Å²) >= 11 is 0. The molecule has 0 radical (unpaired) electrons. The second kappa shape index (κ2) is 10.1. The number of hydrogen-bond donors (Lipinski definition) is 2. The zero-order chi connectivity index (χ0) is 32.0. The van der Waals surface area contributed by atoms with Crippen LogP contribution >= 0.6 is 0 Å². The van der Waals surface area contributed by atoms with Crippen LogP contribution in [0.1, 0.15) is 109 Å². The molecule has 1 amide bonds. The summed E-state index contributed by atoms with van der Waals surface area (Å²) in [5.41, 5.74) is 1.63. The Kier molecular flexibility index (Phi) is 7.12. The Morgan fingerprint density at radius 2 is 1.59 bits per heavy atom. The van der Waals surface area contributed by atoms with Crippen LogP contribution in [0.15, 0.2) is 47.1 Å². The van der Waals surface area contributed by atoms with Gasteiger partial charge in [-0.3, -0.25) is 14.4 Å². The smallest absolute Gasteiger partial charge is 0.231 e. The predicted octanol–water partition coefficient (Wildman–Crippen LogP) is 6.58. The zero-order valence-electron chi connectivity index (χ0n) is 27.5. The van der Waals surface area contributed by atoms with Gasteiger partial charge in [0.15, 0.2) is 23.5 Å². The van der Waals surface area contributed by atoms with Crippen LogP contribution in [-0.4, -0.2) is 45.7 Å². The van der Waals surface area contributed by atoms with E-state index < -0.39 is 33.9 Å². The van der Waals surface area contributed by atoms with Gasteiger partial charge in [-0.15, -0.1) is 0 Å². The van der Waals surface area contributed by atoms with E-state index in [1.807, 2.05) is 39.8 Å². The summed E-state index contributed by atoms with van der Waals surface area (Å²) in [6.07, 6.45) is 8.37. The van der Waals surface area contributed by atoms with Crippen LogP contribution in [0.2, 0.25) is 0 Å². The fraction of sp³-hybridized carbons (Fsp3) is 0.595. The van der Waals surface area contributed by atoms with E-state index in [9.17, 15) is 19.5 Å². The zero-order valence-corrected chi connectivity index (χ0v) is 27.5. The average molecular weight is 602 g/mol. The number of hydrogen-bond acceptors (Lipinski definition) is 6. The van der Waals surface area contributed by atoms with Crippen LogP contribution in [-0.2, 0) is 31.9 Å². The van der Waals surface area contributed by atoms with Gasteiger partial charge in [0.25, 0.3) is 0 Å². The molecule has 1 spiro atoms. The van der Waals surface area contributed by atoms with E-state index in [-0.39, 0.29) is 29.8 Å². The molecule has 6 atom stereocenters. The third-order valence-electron chi connectivity index (χ3n) is 11.7. The first-order chi connectivity index (χ1) is 20.5. The third-order valence-corrected chi connectivity index (χ3v) is 11.7. The molecular weight excluding hydrogens is 554 g/mol. The standard InChI is InChI=1S/C37H47NO6/c1-21(2)9-11-23-17-26-27(18-24(23)12-10-22(3)4)38-32(41)35(8)25(19-28(26)39)13-14-36(42)30-20-29(40)31-33(5,6)44-37(30,43-31)16-15-34(35,36)7/h9-10,17-18,20,25,31,42H,11-16,19H2,1-8H3,(H,38,41). The minimum atomic E-state index is -1.53. The van der Waals surface area contributed by atoms with Crippen molar-refractivity contribution in [1.82, 2.24) is 0 Å². The minimum Gasteiger partial charge on any atom is -0.385 e. The lowest BCUT2D eigenvalue weighted by Crippen LogP contribution is -2.71. The van der Waals surface area contributed by atoms with E-state index in [4.69, 9.17) is 9.47 Å². The Labute approximate surface area is 261 Å². The van der Waals surface area contributed by atoms with Gasteiger partial charge in [0.2, 0.25) is 5.91 Å². The van der Waals surface area contributed by atoms with Crippen LogP contribution < -0.4 is 5.32 Å². The third kappa shape index (κ3) is 4.29. The van der Waals surface area contributed by atoms with E-state index >= 15 is 0 Å². The molecule has 3 heterocycles. The molecule has 6 rings (SSSR count). The number of allylic oxidation sites excluding steroid dienone is 4. The van der Waals surface area contributed by atoms with Gasteiger partial charge in [-0.25, -0.2) is 0 Å². The highest BCUT2D eigenvalue weighted by molar-refractivity contribution is 6.08. The number of carbonyl (C=O) groups excluding carboxylic acids is 3. The highest BCUT2D eigenvalue weighted by Gasteiger charge is 2.75. The van der Waals surface area contributed by atoms with Gasteiger partial charge in [-0.05, 0) is 116 Å². The second-order valence-electron chi connectivity index (χ2n) is 15.3. The summed E-state index contributed by atoms with van der Waals surface area (Å²) in [4.78, 5) is 42.0. The van der Waals surface area contributed by atoms with Crippen LogP contribution in [0.5, 0.6) is 0 Å². The Bertz CT molecular complexity index is 1560. The van der Waals surface area contributed by atoms with Crippen molar-refractivity contribution in [1.29, 1.82) is 0 Å². The minimum absolute atomic E-state index is 0.00358. The first kappa shape index (κ1) is 31.1. The molecule has 7 nitrogen and oxygen atoms in total. The molecule has 5 aliphatic rings. The number of ketones is 2. The SMILES string of the molecule is CC(C)=CCc1cc2c(cc1CC=C(C)C)C(=O)CC1CCC3(O)C4=CC(=O)C5OC4(CCC3(C)C1(C)C(=O)N2)OC5(C)C. The molecule has 44 heavy (non-hydrogen) atoms. The van der Waals surface area contributed by atoms with E-state index in [1.54, 1.807) is 0 Å². The molecule has 1 aromatic rings. The second-order valence-corrected chi connectivity index (χ2v) is 15.3. The maximum atomic E-state index is 14.7. The Hall–Kier alpha value is -2.87. The summed E-state index contributed by atoms with van der Waals surface area (Å²) < 4.78 is 12.8. The summed E-state index contributed by atoms with van der Waals surface area (Å²) in [6.45, 7) is 15.8. The van der Waals surface area contributed by atoms with Crippen molar-refractivity contribution >= 4 is 23.2 Å². The fourth-order valence-electron chi connectivity index (χ4n) is 8.86. The van der Waals surface area contributed by atoms with Gasteiger partial charge >= 0.3 is 0 Å². The number of ether oxygens (including phenoxy) is 2. The number of anilines is 1. The Morgan fingerprint density at radius 3 is 2.23 bits per heavy atom. The number of fused-ring (bicyclic) bond motifs is 6. The van der Waals surface area contributed by atoms with E-state index in [1.165, 1.54) is 17.2 Å². The normalized spacial score (nSPS) is 36.8. The number of carbonyl (C=O) groups is 3. The Balaban J connectivity index is 1.44. The lowest BCUT2D eigenvalue weighted by atomic mass is 9.41. The first-order valence-electron chi connectivity index (χ1n) is 16.1. The maximum absolute atomic E-state index is 14.7. The number of rotatable bonds is 4. The molecule has 236 valence electrons. The van der Waals surface area contributed by atoms with Crippen molar-refractivity contribution in [3.05, 3.63) is 63.8 Å². The van der Waals surface area contributed by atoms with E-state index in [0.29, 0.717) is 55.3 Å². The molecule has 7 heteroatoms. The number of benzene rings is 1. The van der Waals surface area contributed by atoms with Gasteiger partial charge < -0.3 is 19.9 Å². The molecule has 3 fully saturated rings. The van der Waals surface area contributed by atoms with Crippen molar-refractivity contribution in [2.24, 2.45) is 16.7 Å². The van der Waals surface area contributed by atoms with Crippen LogP contribution in [0.3, 0.4) is 0 Å². The van der Waals surface area contributed by atoms with Gasteiger partial charge in [-0.1, -0.05) is 30.2 Å². The summed E-state index contributed by atoms with van der Waals surface area (Å²) in [5.74, 6) is -1.90. The highest BCUT2D eigenvalue weighted by Crippen LogP contribution is 2.70. The predicted molar refractivity (Wildman–Crippen MR) is 169 cm³/mol. The van der Waals surface area contributed by atoms with E-state index in [2.05, 4.69) is 45.2 Å². The van der Waals surface area contributed by atoms with Crippen molar-refractivity contribution in [3.63, 3.8) is 0 Å². The molecular formula is C37H47NO6. The molecule has 2 N–H and O–H groups in total. The number of nitrogens with one attached hydrogen (secondary N) is 1. The largest absolute Gasteiger partial charge is 0.385 e. The highest BCUT2D eigenvalue weighted by atomic mass is 16.8. The van der Waals surface area contributed by atoms with Gasteiger partial charge in [-0.2, -0.15) is 0 Å². The first-order valence-corrected chi connectivity index (χ1v) is 16.1. The van der Waals surface area contributed by atoms with Gasteiger partial charge in [0, 0.05) is 29.4 Å². The lowest BCUT2D eigenvalue weighted by molar-refractivity contribution is -0.258. The van der Waals surface area contributed by atoms with Crippen molar-refractivity contribution < 1.29 is 29.0 Å². The van der Waals surface area contributed by atoms with Crippen molar-refractivity contribution in [2.45, 2.75) is 123 Å². The van der Waals surface area contributed by atoms with Gasteiger partial charge in [0.05, 0.1) is 16.7 Å². The molecule has 2 saturated carbocycles. The number of Topliss-reactive ketones (excluding diaryl/α,β-unsaturated/α-hetero) is 1. The number of amides is 1. The summed E-state index contributed by atoms with van der Waals surface area (Å²) in [7, 11) is 0. The molecule has 1 aromatic carbocycles. The van der Waals surface area contributed by atoms with E-state index in [0.717, 1.165) is 11.1 Å². The Morgan fingerprint density at radius 1 is 0.955 bits per heavy atom. The fourth-order valence-corrected chi connectivity index (χ4v) is 8.86.